The number of carbonyl (C=O) groups is 2. The van der Waals surface area contributed by atoms with Crippen molar-refractivity contribution in [1.29, 1.82) is 0 Å². The number of benzene rings is 2. The van der Waals surface area contributed by atoms with Gasteiger partial charge in [-0.15, -0.1) is 0 Å². The SMILES string of the molecule is C[N+](C)(C)CCOS(=O)(=O)c1cc(NCCO)c2c(c1N)C(=O)c1ccccc1C2=O. The number of nitrogens with two attached hydrogens (primary N) is 1. The van der Waals surface area contributed by atoms with Gasteiger partial charge in [-0.25, -0.2) is 0 Å². The Balaban J connectivity index is 2.16. The first-order chi connectivity index (χ1) is 14.5. The van der Waals surface area contributed by atoms with E-state index in [-0.39, 0.29) is 53.4 Å². The monoisotopic (exact) mass is 448 g/mol. The number of nitrogens with zero attached hydrogens (tertiary/aromatic N) is 1. The van der Waals surface area contributed by atoms with Crippen LogP contribution >= 0.6 is 0 Å². The second-order valence-corrected chi connectivity index (χ2v) is 9.81. The summed E-state index contributed by atoms with van der Waals surface area (Å²) in [6, 6.07) is 7.47. The van der Waals surface area contributed by atoms with E-state index in [9.17, 15) is 23.1 Å². The standard InChI is InChI=1S/C21H25N3O6S/c1-24(2,3)9-11-30-31(28,29)16-12-15(23-8-10-25)17-18(19(16)22)21(27)14-7-5-4-6-13(14)20(17)26/h4-7,12,25H,8-11H2,1-3H3,(H2-,22,23,26,27)/p+1. The Hall–Kier alpha value is -2.79. The lowest BCUT2D eigenvalue weighted by Crippen LogP contribution is -2.38. The van der Waals surface area contributed by atoms with E-state index in [2.05, 4.69) is 5.32 Å². The van der Waals surface area contributed by atoms with E-state index < -0.39 is 26.6 Å². The molecule has 0 fully saturated rings. The quantitative estimate of drug-likeness (QED) is 0.262. The molecule has 0 atom stereocenters. The van der Waals surface area contributed by atoms with Crippen LogP contribution in [0.15, 0.2) is 35.2 Å². The average molecular weight is 449 g/mol. The summed E-state index contributed by atoms with van der Waals surface area (Å²) in [6.45, 7) is 0.114. The fourth-order valence-electron chi connectivity index (χ4n) is 3.31. The van der Waals surface area contributed by atoms with Gasteiger partial charge in [0.05, 0.1) is 44.6 Å². The van der Waals surface area contributed by atoms with E-state index in [1.165, 1.54) is 18.2 Å². The molecule has 0 radical (unpaired) electrons. The average Bonchev–Trinajstić information content (AvgIpc) is 2.69. The van der Waals surface area contributed by atoms with E-state index in [4.69, 9.17) is 9.92 Å². The van der Waals surface area contributed by atoms with Gasteiger partial charge in [0, 0.05) is 23.4 Å². The van der Waals surface area contributed by atoms with E-state index in [0.717, 1.165) is 0 Å². The molecule has 166 valence electrons. The molecule has 0 saturated carbocycles. The number of likely N-dealkylation sites (N-methyl/N-ethyl adjacent to an activating group) is 1. The van der Waals surface area contributed by atoms with Crippen molar-refractivity contribution in [2.24, 2.45) is 0 Å². The Morgan fingerprint density at radius 1 is 1.06 bits per heavy atom. The first kappa shape index (κ1) is 22.9. The highest BCUT2D eigenvalue weighted by molar-refractivity contribution is 7.87. The zero-order valence-corrected chi connectivity index (χ0v) is 18.5. The van der Waals surface area contributed by atoms with Gasteiger partial charge in [0.2, 0.25) is 0 Å². The lowest BCUT2D eigenvalue weighted by atomic mass is 9.82. The molecule has 0 heterocycles. The van der Waals surface area contributed by atoms with Crippen molar-refractivity contribution in [1.82, 2.24) is 0 Å². The fraction of sp³-hybridized carbons (Fsp3) is 0.333. The van der Waals surface area contributed by atoms with Crippen LogP contribution in [0.4, 0.5) is 11.4 Å². The smallest absolute Gasteiger partial charge is 0.299 e. The Bertz CT molecular complexity index is 1150. The maximum atomic E-state index is 13.2. The van der Waals surface area contributed by atoms with Crippen molar-refractivity contribution in [2.75, 3.05) is 58.5 Å². The van der Waals surface area contributed by atoms with Gasteiger partial charge in [0.25, 0.3) is 10.1 Å². The minimum absolute atomic E-state index is 0.0139. The fourth-order valence-corrected chi connectivity index (χ4v) is 4.37. The second-order valence-electron chi connectivity index (χ2n) is 8.23. The van der Waals surface area contributed by atoms with Gasteiger partial charge in [0.15, 0.2) is 11.6 Å². The maximum absolute atomic E-state index is 13.2. The van der Waals surface area contributed by atoms with Crippen LogP contribution in [-0.4, -0.2) is 77.0 Å². The lowest BCUT2D eigenvalue weighted by Gasteiger charge is -2.25. The van der Waals surface area contributed by atoms with Crippen LogP contribution in [-0.2, 0) is 14.3 Å². The van der Waals surface area contributed by atoms with Gasteiger partial charge in [-0.3, -0.25) is 13.8 Å². The van der Waals surface area contributed by atoms with Crippen molar-refractivity contribution >= 4 is 33.1 Å². The van der Waals surface area contributed by atoms with E-state index in [1.54, 1.807) is 12.1 Å². The molecule has 10 heteroatoms. The highest BCUT2D eigenvalue weighted by atomic mass is 32.2. The molecule has 0 amide bonds. The number of hydrogen-bond acceptors (Lipinski definition) is 8. The van der Waals surface area contributed by atoms with Crippen LogP contribution < -0.4 is 11.1 Å². The van der Waals surface area contributed by atoms with Crippen molar-refractivity contribution in [3.63, 3.8) is 0 Å². The van der Waals surface area contributed by atoms with Gasteiger partial charge in [0.1, 0.15) is 18.0 Å². The highest BCUT2D eigenvalue weighted by Crippen LogP contribution is 2.39. The Morgan fingerprint density at radius 3 is 2.19 bits per heavy atom. The molecule has 0 aliphatic heterocycles. The first-order valence-electron chi connectivity index (χ1n) is 9.67. The summed E-state index contributed by atoms with van der Waals surface area (Å²) in [4.78, 5) is 25.9. The Labute approximate surface area is 181 Å². The van der Waals surface area contributed by atoms with Gasteiger partial charge in [-0.05, 0) is 6.07 Å². The largest absolute Gasteiger partial charge is 0.397 e. The van der Waals surface area contributed by atoms with Crippen molar-refractivity contribution in [2.45, 2.75) is 4.90 Å². The second kappa shape index (κ2) is 8.39. The molecule has 31 heavy (non-hydrogen) atoms. The summed E-state index contributed by atoms with van der Waals surface area (Å²) in [5, 5.41) is 12.0. The number of nitrogen functional groups attached to an aromatic ring is 1. The third kappa shape index (κ3) is 4.47. The molecule has 3 rings (SSSR count). The molecular weight excluding hydrogens is 422 g/mol. The minimum Gasteiger partial charge on any atom is -0.397 e. The molecule has 2 aromatic carbocycles. The van der Waals surface area contributed by atoms with E-state index >= 15 is 0 Å². The van der Waals surface area contributed by atoms with Crippen molar-refractivity contribution in [3.05, 3.63) is 52.6 Å². The number of ketones is 2. The molecule has 1 aliphatic carbocycles. The van der Waals surface area contributed by atoms with Crippen LogP contribution in [0.3, 0.4) is 0 Å². The molecule has 0 saturated heterocycles. The number of rotatable bonds is 8. The summed E-state index contributed by atoms with van der Waals surface area (Å²) in [5.74, 6) is -0.995. The number of carbonyl (C=O) groups excluding carboxylic acids is 2. The van der Waals surface area contributed by atoms with E-state index in [1.807, 2.05) is 21.1 Å². The van der Waals surface area contributed by atoms with Crippen LogP contribution in [0.1, 0.15) is 31.8 Å². The van der Waals surface area contributed by atoms with Crippen molar-refractivity contribution < 1.29 is 31.8 Å². The van der Waals surface area contributed by atoms with Crippen LogP contribution in [0, 0.1) is 0 Å². The number of anilines is 2. The van der Waals surface area contributed by atoms with Gasteiger partial charge >= 0.3 is 0 Å². The minimum atomic E-state index is -4.31. The van der Waals surface area contributed by atoms with Gasteiger partial charge < -0.3 is 20.6 Å². The third-order valence-corrected chi connectivity index (χ3v) is 6.25. The summed E-state index contributed by atoms with van der Waals surface area (Å²) in [6.07, 6.45) is 0. The molecular formula is C21H26N3O6S+. The Kier molecular flexibility index (Phi) is 6.19. The molecule has 0 spiro atoms. The zero-order chi connectivity index (χ0) is 23.0. The maximum Gasteiger partial charge on any atom is 0.299 e. The van der Waals surface area contributed by atoms with Crippen LogP contribution in [0.25, 0.3) is 0 Å². The van der Waals surface area contributed by atoms with Crippen molar-refractivity contribution in [3.8, 4) is 0 Å². The predicted molar refractivity (Wildman–Crippen MR) is 116 cm³/mol. The normalized spacial score (nSPS) is 13.7. The Morgan fingerprint density at radius 2 is 1.65 bits per heavy atom. The predicted octanol–water partition coefficient (Wildman–Crippen LogP) is 0.860. The topological polar surface area (TPSA) is 136 Å². The van der Waals surface area contributed by atoms with E-state index in [0.29, 0.717) is 11.0 Å². The number of aliphatic hydroxyl groups is 1. The van der Waals surface area contributed by atoms with Gasteiger partial charge in [-0.2, -0.15) is 8.42 Å². The summed E-state index contributed by atoms with van der Waals surface area (Å²) >= 11 is 0. The van der Waals surface area contributed by atoms with Crippen LogP contribution in [0.5, 0.6) is 0 Å². The molecule has 2 aromatic rings. The zero-order valence-electron chi connectivity index (χ0n) is 17.6. The summed E-state index contributed by atoms with van der Waals surface area (Å²) in [7, 11) is 1.36. The molecule has 0 aromatic heterocycles. The molecule has 4 N–H and O–H groups in total. The highest BCUT2D eigenvalue weighted by Gasteiger charge is 2.37. The first-order valence-corrected chi connectivity index (χ1v) is 11.1. The summed E-state index contributed by atoms with van der Waals surface area (Å²) < 4.78 is 31.4. The number of aliphatic hydroxyl groups excluding tert-OH is 1. The number of hydrogen-bond donors (Lipinski definition) is 3. The molecule has 9 nitrogen and oxygen atoms in total. The molecule has 0 bridgehead atoms. The molecule has 0 unspecified atom stereocenters. The number of quaternary nitrogens is 1. The van der Waals surface area contributed by atoms with Crippen LogP contribution in [0.2, 0.25) is 0 Å². The van der Waals surface area contributed by atoms with Gasteiger partial charge in [-0.1, -0.05) is 24.3 Å². The number of nitrogens with one attached hydrogen (secondary N) is 1. The molecule has 1 aliphatic rings. The third-order valence-electron chi connectivity index (χ3n) is 4.90. The number of fused-ring (bicyclic) bond motifs is 2. The lowest BCUT2D eigenvalue weighted by molar-refractivity contribution is -0.870. The summed E-state index contributed by atoms with van der Waals surface area (Å²) in [5.41, 5.74) is 6.08.